The molecule has 3 unspecified atom stereocenters. The van der Waals surface area contributed by atoms with E-state index in [1.165, 1.54) is 38.5 Å². The van der Waals surface area contributed by atoms with Crippen molar-refractivity contribution in [2.75, 3.05) is 13.7 Å². The zero-order chi connectivity index (χ0) is 24.9. The molecule has 2 aliphatic carbocycles. The number of carbonyl (C=O) groups is 2. The molecule has 2 saturated carbocycles. The lowest BCUT2D eigenvalue weighted by Gasteiger charge is -2.41. The molecule has 0 aromatic carbocycles. The molecule has 0 spiro atoms. The Morgan fingerprint density at radius 3 is 2.50 bits per heavy atom. The Bertz CT molecular complexity index is 864. The molecule has 190 valence electrons. The molecule has 1 heterocycles. The van der Waals surface area contributed by atoms with Gasteiger partial charge in [-0.15, -0.1) is 0 Å². The van der Waals surface area contributed by atoms with Crippen LogP contribution < -0.4 is 20.7 Å². The summed E-state index contributed by atoms with van der Waals surface area (Å²) in [6.07, 6.45) is 13.0. The maximum absolute atomic E-state index is 13.3. The van der Waals surface area contributed by atoms with Gasteiger partial charge in [0.2, 0.25) is 5.88 Å². The van der Waals surface area contributed by atoms with Crippen LogP contribution >= 0.6 is 0 Å². The molecular weight excluding hydrogens is 430 g/mol. The van der Waals surface area contributed by atoms with Crippen LogP contribution in [0.3, 0.4) is 0 Å². The van der Waals surface area contributed by atoms with Crippen LogP contribution in [0.4, 0.5) is 4.79 Å². The van der Waals surface area contributed by atoms with Crippen LogP contribution in [0.25, 0.3) is 6.20 Å². The first-order valence-electron chi connectivity index (χ1n) is 12.8. The van der Waals surface area contributed by atoms with E-state index in [1.54, 1.807) is 24.1 Å². The molecule has 3 atom stereocenters. The Balaban J connectivity index is 1.73. The van der Waals surface area contributed by atoms with E-state index in [0.717, 1.165) is 11.8 Å². The zero-order valence-electron chi connectivity index (χ0n) is 21.7. The second kappa shape index (κ2) is 11.3. The number of carbonyl (C=O) groups excluding carboxylic acids is 2. The fourth-order valence-corrected chi connectivity index (χ4v) is 5.25. The molecule has 3 N–H and O–H groups in total. The third kappa shape index (κ3) is 7.00. The number of nitrogens with one attached hydrogen (secondary N) is 3. The molecule has 3 amide bonds. The predicted octanol–water partition coefficient (Wildman–Crippen LogP) is 4.43. The second-order valence-corrected chi connectivity index (χ2v) is 11.1. The molecule has 1 aromatic rings. The summed E-state index contributed by atoms with van der Waals surface area (Å²) in [5, 5.41) is 13.1. The number of fused-ring (bicyclic) bond motifs is 2. The molecule has 0 saturated heterocycles. The molecule has 2 bridgehead atoms. The predicted molar refractivity (Wildman–Crippen MR) is 135 cm³/mol. The van der Waals surface area contributed by atoms with Gasteiger partial charge in [0.05, 0.1) is 18.3 Å². The minimum Gasteiger partial charge on any atom is -0.477 e. The highest BCUT2D eigenvalue weighted by molar-refractivity contribution is 5.96. The van der Waals surface area contributed by atoms with Crippen molar-refractivity contribution in [2.45, 2.75) is 84.7 Å². The normalized spacial score (nSPS) is 23.6. The number of hydrogen-bond acceptors (Lipinski definition) is 4. The lowest BCUT2D eigenvalue weighted by atomic mass is 9.66. The van der Waals surface area contributed by atoms with Gasteiger partial charge in [-0.25, -0.2) is 9.48 Å². The van der Waals surface area contributed by atoms with Gasteiger partial charge in [0.25, 0.3) is 5.91 Å². The first-order valence-corrected chi connectivity index (χ1v) is 12.8. The van der Waals surface area contributed by atoms with E-state index in [1.807, 2.05) is 19.9 Å². The van der Waals surface area contributed by atoms with Gasteiger partial charge in [-0.1, -0.05) is 33.1 Å². The van der Waals surface area contributed by atoms with Crippen LogP contribution in [0.15, 0.2) is 12.3 Å². The third-order valence-electron chi connectivity index (χ3n) is 7.07. The van der Waals surface area contributed by atoms with Crippen molar-refractivity contribution in [3.05, 3.63) is 17.8 Å². The van der Waals surface area contributed by atoms with E-state index in [9.17, 15) is 9.59 Å². The first-order chi connectivity index (χ1) is 16.1. The second-order valence-electron chi connectivity index (χ2n) is 11.1. The summed E-state index contributed by atoms with van der Waals surface area (Å²) in [4.78, 5) is 25.0. The maximum Gasteiger partial charge on any atom is 0.315 e. The van der Waals surface area contributed by atoms with Crippen molar-refractivity contribution in [3.8, 4) is 5.88 Å². The summed E-state index contributed by atoms with van der Waals surface area (Å²) >= 11 is 0. The smallest absolute Gasteiger partial charge is 0.315 e. The van der Waals surface area contributed by atoms with Gasteiger partial charge in [0, 0.05) is 19.3 Å². The molecule has 0 radical (unpaired) electrons. The van der Waals surface area contributed by atoms with Gasteiger partial charge in [-0.2, -0.15) is 5.10 Å². The van der Waals surface area contributed by atoms with Gasteiger partial charge in [0.1, 0.15) is 5.56 Å². The van der Waals surface area contributed by atoms with E-state index in [0.29, 0.717) is 29.9 Å². The topological polar surface area (TPSA) is 97.3 Å². The molecule has 2 fully saturated rings. The Hall–Kier alpha value is -2.51. The summed E-state index contributed by atoms with van der Waals surface area (Å²) in [5.41, 5.74) is -0.178. The highest BCUT2D eigenvalue weighted by atomic mass is 16.5. The fourth-order valence-electron chi connectivity index (χ4n) is 5.25. The highest BCUT2D eigenvalue weighted by Gasteiger charge is 2.35. The van der Waals surface area contributed by atoms with E-state index in [4.69, 9.17) is 4.74 Å². The quantitative estimate of drug-likeness (QED) is 0.494. The molecule has 8 heteroatoms. The first kappa shape index (κ1) is 26.1. The van der Waals surface area contributed by atoms with E-state index >= 15 is 0 Å². The number of ether oxygens (including phenoxy) is 1. The average Bonchev–Trinajstić information content (AvgIpc) is 3.18. The van der Waals surface area contributed by atoms with E-state index < -0.39 is 5.54 Å². The fraction of sp³-hybridized carbons (Fsp3) is 0.731. The van der Waals surface area contributed by atoms with E-state index in [-0.39, 0.29) is 18.0 Å². The Morgan fingerprint density at radius 1 is 1.21 bits per heavy atom. The minimum absolute atomic E-state index is 0.114. The summed E-state index contributed by atoms with van der Waals surface area (Å²) in [6.45, 7) is 10.5. The Kier molecular flexibility index (Phi) is 8.66. The number of urea groups is 1. The average molecular weight is 474 g/mol. The number of hydrogen-bond donors (Lipinski definition) is 3. The van der Waals surface area contributed by atoms with Gasteiger partial charge in [-0.3, -0.25) is 4.79 Å². The van der Waals surface area contributed by atoms with Gasteiger partial charge >= 0.3 is 6.03 Å². The van der Waals surface area contributed by atoms with Crippen LogP contribution in [0.1, 0.15) is 83.5 Å². The number of rotatable bonds is 9. The summed E-state index contributed by atoms with van der Waals surface area (Å²) in [7, 11) is 1.58. The minimum atomic E-state index is -0.614. The van der Waals surface area contributed by atoms with Crippen molar-refractivity contribution >= 4 is 18.1 Å². The van der Waals surface area contributed by atoms with Crippen molar-refractivity contribution in [1.82, 2.24) is 25.7 Å². The number of amides is 3. The summed E-state index contributed by atoms with van der Waals surface area (Å²) in [5.74, 6) is 2.74. The molecule has 2 aliphatic rings. The highest BCUT2D eigenvalue weighted by Crippen LogP contribution is 2.43. The molecule has 34 heavy (non-hydrogen) atoms. The summed E-state index contributed by atoms with van der Waals surface area (Å²) < 4.78 is 7.60. The van der Waals surface area contributed by atoms with Crippen LogP contribution in [0, 0.1) is 23.7 Å². The number of nitrogens with zero attached hydrogens (tertiary/aromatic N) is 2. The molecule has 3 rings (SSSR count). The zero-order valence-corrected chi connectivity index (χ0v) is 21.7. The lowest BCUT2D eigenvalue weighted by molar-refractivity contribution is 0.0849. The lowest BCUT2D eigenvalue weighted by Crippen LogP contribution is -2.46. The van der Waals surface area contributed by atoms with E-state index in [2.05, 4.69) is 41.8 Å². The van der Waals surface area contributed by atoms with Crippen molar-refractivity contribution in [3.63, 3.8) is 0 Å². The Morgan fingerprint density at radius 2 is 1.88 bits per heavy atom. The molecule has 0 aliphatic heterocycles. The largest absolute Gasteiger partial charge is 0.477 e. The molecular formula is C26H43N5O3. The van der Waals surface area contributed by atoms with Crippen molar-refractivity contribution < 1.29 is 14.3 Å². The van der Waals surface area contributed by atoms with Crippen molar-refractivity contribution in [1.29, 1.82) is 0 Å². The standard InChI is InChI=1S/C26H43N5O3/c1-17(2)16-34-24-22(15-28-31(24)11-10-26(4,5)30-25(33)27-6)23(32)29-18(3)21-13-19-8-7-9-20(12-19)14-21/h10-11,15,17-21H,7-9,12-14,16H2,1-6H3,(H,29,32)(H2,27,30,33)/b11-10+. The number of aromatic nitrogens is 2. The molecule has 1 aromatic heterocycles. The van der Waals surface area contributed by atoms with Crippen molar-refractivity contribution in [2.24, 2.45) is 23.7 Å². The van der Waals surface area contributed by atoms with Gasteiger partial charge in [0.15, 0.2) is 0 Å². The van der Waals surface area contributed by atoms with Crippen LogP contribution in [0.2, 0.25) is 0 Å². The van der Waals surface area contributed by atoms with Gasteiger partial charge in [-0.05, 0) is 69.8 Å². The van der Waals surface area contributed by atoms with Crippen LogP contribution in [-0.4, -0.2) is 47.0 Å². The third-order valence-corrected chi connectivity index (χ3v) is 7.07. The maximum atomic E-state index is 13.3. The molecule has 8 nitrogen and oxygen atoms in total. The van der Waals surface area contributed by atoms with Crippen LogP contribution in [-0.2, 0) is 0 Å². The van der Waals surface area contributed by atoms with Crippen LogP contribution in [0.5, 0.6) is 5.88 Å². The SMILES string of the molecule is CNC(=O)NC(C)(C)/C=C/n1ncc(C(=O)NC(C)C2CC3CCCC(C3)C2)c1OCC(C)C. The summed E-state index contributed by atoms with van der Waals surface area (Å²) in [6, 6.07) is -0.157. The van der Waals surface area contributed by atoms with Gasteiger partial charge < -0.3 is 20.7 Å². The Labute approximate surface area is 204 Å². The monoisotopic (exact) mass is 473 g/mol.